The smallest absolute Gasteiger partial charge is 0.490 e. The minimum atomic E-state index is -5.08. The predicted molar refractivity (Wildman–Crippen MR) is 130 cm³/mol. The molecule has 0 bridgehead atoms. The molecule has 0 aromatic carbocycles. The number of ether oxygens (including phenoxy) is 1. The summed E-state index contributed by atoms with van der Waals surface area (Å²) in [5, 5.41) is 10.4. The van der Waals surface area contributed by atoms with Crippen molar-refractivity contribution < 1.29 is 32.2 Å². The Labute approximate surface area is 214 Å². The lowest BCUT2D eigenvalue weighted by Crippen LogP contribution is -2.32. The Morgan fingerprint density at radius 2 is 1.95 bits per heavy atom. The molecule has 2 aliphatic rings. The van der Waals surface area contributed by atoms with Crippen molar-refractivity contribution in [2.24, 2.45) is 0 Å². The highest BCUT2D eigenvalue weighted by molar-refractivity contribution is 8.01. The van der Waals surface area contributed by atoms with Crippen LogP contribution in [0.4, 0.5) is 30.6 Å². The van der Waals surface area contributed by atoms with E-state index in [2.05, 4.69) is 20.2 Å². The number of nitrogens with one attached hydrogen (secondary N) is 1. The molecule has 1 saturated carbocycles. The molecular weight excluding hydrogens is 513 g/mol. The van der Waals surface area contributed by atoms with Crippen molar-refractivity contribution in [2.45, 2.75) is 48.4 Å². The molecule has 1 aliphatic heterocycles. The number of carbonyl (C=O) groups is 1. The van der Waals surface area contributed by atoms with Gasteiger partial charge >= 0.3 is 12.1 Å². The van der Waals surface area contributed by atoms with E-state index in [9.17, 15) is 13.2 Å². The van der Waals surface area contributed by atoms with Crippen LogP contribution in [0.3, 0.4) is 0 Å². The fraction of sp³-hybridized carbons (Fsp3) is 0.435. The zero-order valence-corrected chi connectivity index (χ0v) is 21.3. The summed E-state index contributed by atoms with van der Waals surface area (Å²) in [6, 6.07) is 1.87. The van der Waals surface area contributed by atoms with Crippen molar-refractivity contribution in [1.29, 1.82) is 0 Å². The topological polar surface area (TPSA) is 127 Å². The second kappa shape index (κ2) is 10.1. The normalized spacial score (nSPS) is 15.3. The molecule has 2 N–H and O–H groups in total. The van der Waals surface area contributed by atoms with Crippen LogP contribution in [0.1, 0.15) is 30.8 Å². The zero-order chi connectivity index (χ0) is 27.0. The van der Waals surface area contributed by atoms with Gasteiger partial charge in [0.05, 0.1) is 35.8 Å². The quantitative estimate of drug-likeness (QED) is 0.462. The number of carboxylic acids is 1. The summed E-state index contributed by atoms with van der Waals surface area (Å²) < 4.78 is 43.2. The fourth-order valence-corrected chi connectivity index (χ4v) is 5.62. The fourth-order valence-electron chi connectivity index (χ4n) is 3.93. The SMILES string of the molecule is COc1cc(Nc2nc3c(c(N(C)C)n2)SC2(CCC2)C3)cnc1-c1cnc(C)o1.O=C(O)C(F)(F)F. The van der Waals surface area contributed by atoms with Crippen LogP contribution in [0.2, 0.25) is 0 Å². The summed E-state index contributed by atoms with van der Waals surface area (Å²) in [4.78, 5) is 30.5. The number of aryl methyl sites for hydroxylation is 1. The van der Waals surface area contributed by atoms with Gasteiger partial charge in [-0.3, -0.25) is 0 Å². The van der Waals surface area contributed by atoms with E-state index in [0.717, 1.165) is 23.6 Å². The van der Waals surface area contributed by atoms with Crippen molar-refractivity contribution in [3.05, 3.63) is 30.0 Å². The van der Waals surface area contributed by atoms with Crippen LogP contribution < -0.4 is 15.0 Å². The van der Waals surface area contributed by atoms with Crippen molar-refractivity contribution in [2.75, 3.05) is 31.4 Å². The average Bonchev–Trinajstić information content (AvgIpc) is 3.42. The number of fused-ring (bicyclic) bond motifs is 1. The van der Waals surface area contributed by atoms with Gasteiger partial charge in [0.1, 0.15) is 11.5 Å². The van der Waals surface area contributed by atoms with E-state index in [-0.39, 0.29) is 0 Å². The highest BCUT2D eigenvalue weighted by Gasteiger charge is 2.45. The average molecular weight is 539 g/mol. The van der Waals surface area contributed by atoms with E-state index in [1.165, 1.54) is 24.2 Å². The third-order valence-corrected chi connectivity index (χ3v) is 7.45. The number of pyridine rings is 1. The molecule has 10 nitrogen and oxygen atoms in total. The van der Waals surface area contributed by atoms with Gasteiger partial charge < -0.3 is 24.5 Å². The minimum Gasteiger partial charge on any atom is -0.494 e. The lowest BCUT2D eigenvalue weighted by atomic mass is 9.81. The number of nitrogens with zero attached hydrogens (tertiary/aromatic N) is 5. The molecular formula is C23H25F3N6O4S. The predicted octanol–water partition coefficient (Wildman–Crippen LogP) is 4.86. The Balaban J connectivity index is 0.000000405. The third-order valence-electron chi connectivity index (χ3n) is 5.84. The first-order valence-corrected chi connectivity index (χ1v) is 12.0. The molecule has 0 radical (unpaired) electrons. The van der Waals surface area contributed by atoms with Gasteiger partial charge in [-0.1, -0.05) is 6.42 Å². The summed E-state index contributed by atoms with van der Waals surface area (Å²) in [5.74, 6) is 0.524. The van der Waals surface area contributed by atoms with Crippen molar-refractivity contribution in [3.63, 3.8) is 0 Å². The van der Waals surface area contributed by atoms with Gasteiger partial charge in [-0.25, -0.2) is 19.7 Å². The van der Waals surface area contributed by atoms with Crippen molar-refractivity contribution >= 4 is 35.2 Å². The molecule has 0 unspecified atom stereocenters. The van der Waals surface area contributed by atoms with Gasteiger partial charge in [0, 0.05) is 38.3 Å². The number of alkyl halides is 3. The van der Waals surface area contributed by atoms with Crippen molar-refractivity contribution in [1.82, 2.24) is 19.9 Å². The minimum absolute atomic E-state index is 0.335. The Kier molecular flexibility index (Phi) is 7.22. The molecule has 1 fully saturated rings. The lowest BCUT2D eigenvalue weighted by Gasteiger charge is -2.36. The molecule has 3 aromatic rings. The third kappa shape index (κ3) is 5.73. The van der Waals surface area contributed by atoms with Crippen LogP contribution in [0, 0.1) is 6.92 Å². The molecule has 14 heteroatoms. The zero-order valence-electron chi connectivity index (χ0n) is 20.5. The molecule has 1 aliphatic carbocycles. The van der Waals surface area contributed by atoms with Crippen LogP contribution in [0.25, 0.3) is 11.5 Å². The van der Waals surface area contributed by atoms with Crippen LogP contribution >= 0.6 is 11.8 Å². The van der Waals surface area contributed by atoms with Gasteiger partial charge in [-0.15, -0.1) is 11.8 Å². The summed E-state index contributed by atoms with van der Waals surface area (Å²) in [5.41, 5.74) is 2.49. The Morgan fingerprint density at radius 1 is 1.24 bits per heavy atom. The summed E-state index contributed by atoms with van der Waals surface area (Å²) in [6.45, 7) is 1.80. The molecule has 4 heterocycles. The van der Waals surface area contributed by atoms with Gasteiger partial charge in [0.25, 0.3) is 0 Å². The summed E-state index contributed by atoms with van der Waals surface area (Å²) in [6.07, 6.45) is 3.12. The van der Waals surface area contributed by atoms with Gasteiger partial charge in [-0.05, 0) is 12.8 Å². The lowest BCUT2D eigenvalue weighted by molar-refractivity contribution is -0.192. The molecule has 0 amide bonds. The Morgan fingerprint density at radius 3 is 2.46 bits per heavy atom. The van der Waals surface area contributed by atoms with Crippen LogP contribution in [0.5, 0.6) is 5.75 Å². The van der Waals surface area contributed by atoms with E-state index < -0.39 is 12.1 Å². The molecule has 1 spiro atoms. The van der Waals surface area contributed by atoms with Gasteiger partial charge in [0.2, 0.25) is 5.95 Å². The molecule has 0 saturated heterocycles. The monoisotopic (exact) mass is 538 g/mol. The first kappa shape index (κ1) is 26.5. The maximum atomic E-state index is 10.6. The maximum absolute atomic E-state index is 10.6. The largest absolute Gasteiger partial charge is 0.494 e. The number of halogens is 3. The van der Waals surface area contributed by atoms with E-state index >= 15 is 0 Å². The van der Waals surface area contributed by atoms with Crippen LogP contribution in [-0.4, -0.2) is 63.1 Å². The van der Waals surface area contributed by atoms with Crippen molar-refractivity contribution in [3.8, 4) is 17.2 Å². The highest BCUT2D eigenvalue weighted by atomic mass is 32.2. The number of rotatable bonds is 5. The maximum Gasteiger partial charge on any atom is 0.490 e. The first-order chi connectivity index (χ1) is 17.4. The molecule has 198 valence electrons. The molecule has 3 aromatic heterocycles. The van der Waals surface area contributed by atoms with Gasteiger partial charge in [0.15, 0.2) is 17.4 Å². The number of oxazole rings is 1. The number of anilines is 3. The second-order valence-corrected chi connectivity index (χ2v) is 10.3. The van der Waals surface area contributed by atoms with E-state index in [1.807, 2.05) is 31.9 Å². The first-order valence-electron chi connectivity index (χ1n) is 11.2. The number of thioether (sulfide) groups is 1. The second-order valence-electron chi connectivity index (χ2n) is 8.80. The highest BCUT2D eigenvalue weighted by Crippen LogP contribution is 2.57. The summed E-state index contributed by atoms with van der Waals surface area (Å²) in [7, 11) is 5.66. The number of hydrogen-bond donors (Lipinski definition) is 2. The molecule has 5 rings (SSSR count). The van der Waals surface area contributed by atoms with Crippen LogP contribution in [-0.2, 0) is 11.2 Å². The summed E-state index contributed by atoms with van der Waals surface area (Å²) >= 11 is 1.96. The van der Waals surface area contributed by atoms with E-state index in [1.54, 1.807) is 26.4 Å². The number of aromatic nitrogens is 4. The van der Waals surface area contributed by atoms with Gasteiger partial charge in [-0.2, -0.15) is 18.2 Å². The van der Waals surface area contributed by atoms with E-state index in [4.69, 9.17) is 29.0 Å². The molecule has 0 atom stereocenters. The number of carboxylic acid groups (broad SMARTS) is 1. The van der Waals surface area contributed by atoms with E-state index in [0.29, 0.717) is 33.8 Å². The number of methoxy groups -OCH3 is 1. The van der Waals surface area contributed by atoms with Crippen LogP contribution in [0.15, 0.2) is 27.8 Å². The number of hydrogen-bond acceptors (Lipinski definition) is 10. The molecule has 37 heavy (non-hydrogen) atoms. The Bertz CT molecular complexity index is 1310. The standard InChI is InChI=1S/C21H24N6O2S.C2HF3O2/c1-12-22-11-16(29-12)17-15(28-4)8-13(10-23-17)24-20-25-14-9-21(6-5-7-21)30-18(14)19(26-20)27(2)3;3-2(4,5)1(6)7/h8,10-11H,5-7,9H2,1-4H3,(H,24,25,26);(H,6,7). The Hall–Kier alpha value is -3.55. The number of aliphatic carboxylic acids is 1.